The largest absolute Gasteiger partial charge is 0.340 e. The van der Waals surface area contributed by atoms with E-state index in [1.807, 2.05) is 54.0 Å². The number of likely N-dealkylation sites (tertiary alicyclic amines) is 1. The van der Waals surface area contributed by atoms with Gasteiger partial charge in [0.25, 0.3) is 5.91 Å². The minimum Gasteiger partial charge on any atom is -0.340 e. The van der Waals surface area contributed by atoms with Crippen molar-refractivity contribution in [3.8, 4) is 0 Å². The molecule has 1 saturated heterocycles. The Morgan fingerprint density at radius 1 is 1.18 bits per heavy atom. The van der Waals surface area contributed by atoms with Crippen LogP contribution in [-0.4, -0.2) is 91.9 Å². The van der Waals surface area contributed by atoms with Gasteiger partial charge in [-0.2, -0.15) is 0 Å². The Kier molecular flexibility index (Phi) is 6.91. The molecule has 0 bridgehead atoms. The van der Waals surface area contributed by atoms with Crippen molar-refractivity contribution in [2.24, 2.45) is 0 Å². The molecule has 168 valence electrons. The van der Waals surface area contributed by atoms with E-state index in [9.17, 15) is 9.18 Å². The van der Waals surface area contributed by atoms with Crippen molar-refractivity contribution in [2.75, 3.05) is 13.1 Å². The smallest absolute Gasteiger partial charge is 0.253 e. The summed E-state index contributed by atoms with van der Waals surface area (Å²) in [5.74, 6) is -0.284. The van der Waals surface area contributed by atoms with E-state index in [1.165, 1.54) is 18.2 Å². The number of nitrogens with zero attached hydrogens (tertiary/aromatic N) is 3. The third-order valence-electron chi connectivity index (χ3n) is 6.88. The molecule has 0 atom stereocenters. The highest BCUT2D eigenvalue weighted by molar-refractivity contribution is 6.51. The van der Waals surface area contributed by atoms with Crippen LogP contribution < -0.4 is 5.32 Å². The number of rotatable bonds is 5. The summed E-state index contributed by atoms with van der Waals surface area (Å²) in [5.41, 5.74) is -0.454. The van der Waals surface area contributed by atoms with Crippen LogP contribution in [0.5, 0.6) is 0 Å². The lowest BCUT2D eigenvalue weighted by molar-refractivity contribution is 0.00674. The van der Waals surface area contributed by atoms with E-state index in [0.717, 1.165) is 5.56 Å². The number of carbonyl (C=O) groups excluding carboxylic acids is 1. The highest BCUT2D eigenvalue weighted by Gasteiger charge is 2.65. The zero-order valence-electron chi connectivity index (χ0n) is 20.4. The number of piperidine rings is 1. The SMILES string of the molecule is BC1(B)CN(C(=O)c2ccc(F)c(Cl)c2)CC(B)(B)C1(F)C(B)(B)NCc1ncc(C)cn1. The van der Waals surface area contributed by atoms with E-state index in [-0.39, 0.29) is 29.6 Å². The maximum Gasteiger partial charge on any atom is 0.253 e. The van der Waals surface area contributed by atoms with Crippen molar-refractivity contribution in [2.45, 2.75) is 34.9 Å². The fourth-order valence-corrected chi connectivity index (χ4v) is 5.90. The Morgan fingerprint density at radius 2 is 1.73 bits per heavy atom. The first-order valence-corrected chi connectivity index (χ1v) is 11.4. The van der Waals surface area contributed by atoms with Crippen molar-refractivity contribution in [3.63, 3.8) is 0 Å². The van der Waals surface area contributed by atoms with Crippen LogP contribution in [0.4, 0.5) is 8.78 Å². The second-order valence-electron chi connectivity index (χ2n) is 10.9. The lowest BCUT2D eigenvalue weighted by Gasteiger charge is -2.64. The number of nitrogens with one attached hydrogen (secondary N) is 1. The van der Waals surface area contributed by atoms with Crippen LogP contribution in [0.15, 0.2) is 30.6 Å². The van der Waals surface area contributed by atoms with Crippen LogP contribution in [0.1, 0.15) is 21.7 Å². The molecule has 0 aliphatic carbocycles. The van der Waals surface area contributed by atoms with Gasteiger partial charge < -0.3 is 10.2 Å². The first-order chi connectivity index (χ1) is 15.1. The van der Waals surface area contributed by atoms with Gasteiger partial charge in [0, 0.05) is 31.0 Å². The van der Waals surface area contributed by atoms with Crippen LogP contribution in [0.25, 0.3) is 0 Å². The van der Waals surface area contributed by atoms with Gasteiger partial charge in [0.2, 0.25) is 0 Å². The van der Waals surface area contributed by atoms with Gasteiger partial charge >= 0.3 is 0 Å². The number of halogens is 3. The quantitative estimate of drug-likeness (QED) is 0.486. The molecule has 1 amide bonds. The van der Waals surface area contributed by atoms with Crippen molar-refractivity contribution < 1.29 is 13.6 Å². The van der Waals surface area contributed by atoms with Gasteiger partial charge in [0.15, 0.2) is 0 Å². The average molecular weight is 466 g/mol. The van der Waals surface area contributed by atoms with Gasteiger partial charge in [0.05, 0.1) is 11.6 Å². The number of aromatic nitrogens is 2. The van der Waals surface area contributed by atoms with Crippen LogP contribution in [0.2, 0.25) is 15.5 Å². The number of hydrogen-bond donors (Lipinski definition) is 1. The molecule has 3 rings (SSSR count). The zero-order valence-corrected chi connectivity index (χ0v) is 21.1. The second-order valence-corrected chi connectivity index (χ2v) is 11.3. The van der Waals surface area contributed by atoms with E-state index in [2.05, 4.69) is 15.3 Å². The first kappa shape index (κ1) is 25.9. The predicted octanol–water partition coefficient (Wildman–Crippen LogP) is -2.78. The third-order valence-corrected chi connectivity index (χ3v) is 7.16. The van der Waals surface area contributed by atoms with Crippen molar-refractivity contribution >= 4 is 64.6 Å². The molecular formula is C19H27B6ClF2N4O. The van der Waals surface area contributed by atoms with E-state index in [4.69, 9.17) is 11.6 Å². The molecule has 0 radical (unpaired) electrons. The molecule has 14 heteroatoms. The summed E-state index contributed by atoms with van der Waals surface area (Å²) in [6.07, 6.45) is 3.48. The maximum absolute atomic E-state index is 17.3. The summed E-state index contributed by atoms with van der Waals surface area (Å²) in [4.78, 5) is 23.5. The molecule has 1 aromatic carbocycles. The highest BCUT2D eigenvalue weighted by atomic mass is 35.5. The molecule has 2 aromatic rings. The normalized spacial score (nSPS) is 19.2. The Morgan fingerprint density at radius 3 is 2.24 bits per heavy atom. The van der Waals surface area contributed by atoms with Gasteiger partial charge in [-0.05, 0) is 46.5 Å². The van der Waals surface area contributed by atoms with Crippen molar-refractivity contribution in [3.05, 3.63) is 58.4 Å². The van der Waals surface area contributed by atoms with E-state index < -0.39 is 27.3 Å². The van der Waals surface area contributed by atoms with Gasteiger partial charge in [-0.1, -0.05) is 11.6 Å². The number of benzene rings is 1. The zero-order chi connectivity index (χ0) is 24.8. The Hall–Kier alpha value is -1.73. The molecule has 1 aliphatic rings. The summed E-state index contributed by atoms with van der Waals surface area (Å²) < 4.78 is 30.9. The van der Waals surface area contributed by atoms with Gasteiger partial charge in [-0.3, -0.25) is 4.79 Å². The maximum atomic E-state index is 17.3. The number of amides is 1. The van der Waals surface area contributed by atoms with Crippen molar-refractivity contribution in [1.29, 1.82) is 0 Å². The van der Waals surface area contributed by atoms with Crippen LogP contribution in [-0.2, 0) is 6.54 Å². The average Bonchev–Trinajstić information content (AvgIpc) is 2.72. The summed E-state index contributed by atoms with van der Waals surface area (Å²) in [6.45, 7) is 2.64. The molecule has 0 spiro atoms. The van der Waals surface area contributed by atoms with Gasteiger partial charge in [0.1, 0.15) is 64.4 Å². The Labute approximate surface area is 204 Å². The number of alkyl halides is 1. The molecule has 1 fully saturated rings. The van der Waals surface area contributed by atoms with Gasteiger partial charge in [-0.25, -0.2) is 18.7 Å². The lowest BCUT2D eigenvalue weighted by Crippen LogP contribution is -2.77. The lowest BCUT2D eigenvalue weighted by atomic mass is 9.24. The van der Waals surface area contributed by atoms with E-state index >= 15 is 4.39 Å². The molecule has 1 aromatic heterocycles. The monoisotopic (exact) mass is 466 g/mol. The predicted molar refractivity (Wildman–Crippen MR) is 144 cm³/mol. The molecule has 0 saturated carbocycles. The molecule has 0 unspecified atom stereocenters. The molecule has 33 heavy (non-hydrogen) atoms. The van der Waals surface area contributed by atoms with Crippen molar-refractivity contribution in [1.82, 2.24) is 20.2 Å². The number of hydrogen-bond acceptors (Lipinski definition) is 4. The van der Waals surface area contributed by atoms with Gasteiger partial charge in [-0.15, -0.1) is 0 Å². The summed E-state index contributed by atoms with van der Waals surface area (Å²) in [7, 11) is 11.1. The number of carbonyl (C=O) groups is 1. The minimum atomic E-state index is -1.70. The first-order valence-electron chi connectivity index (χ1n) is 11.1. The molecular weight excluding hydrogens is 439 g/mol. The summed E-state index contributed by atoms with van der Waals surface area (Å²) in [6, 6.07) is 3.91. The molecule has 2 heterocycles. The van der Waals surface area contributed by atoms with Crippen LogP contribution in [0, 0.1) is 12.7 Å². The summed E-state index contributed by atoms with van der Waals surface area (Å²) in [5, 5.41) is 0.468. The molecule has 5 nitrogen and oxygen atoms in total. The van der Waals surface area contributed by atoms with E-state index in [0.29, 0.717) is 12.4 Å². The fraction of sp³-hybridized carbons (Fsp3) is 0.421. The Bertz CT molecular complexity index is 1040. The van der Waals surface area contributed by atoms with Crippen LogP contribution >= 0.6 is 11.6 Å². The summed E-state index contributed by atoms with van der Waals surface area (Å²) >= 11 is 5.88. The molecule has 1 aliphatic heterocycles. The third kappa shape index (κ3) is 4.63. The van der Waals surface area contributed by atoms with E-state index in [1.54, 1.807) is 17.3 Å². The van der Waals surface area contributed by atoms with Crippen LogP contribution in [0.3, 0.4) is 0 Å². The fourth-order valence-electron chi connectivity index (χ4n) is 5.72. The Balaban J connectivity index is 1.87. The standard InChI is InChI=1S/C19H27B6ClF2N4O/c1-10-5-29-14(30-6-10)7-31-19(24,25)18(28)16(20,21)8-32(9-17(18,22)23)15(33)11-2-3-13(27)12(26)4-11/h2-6,31H,7-9,20-25H2,1H3. The highest BCUT2D eigenvalue weighted by Crippen LogP contribution is 2.58. The number of aryl methyl sites for hydroxylation is 1. The molecule has 1 N–H and O–H groups in total. The topological polar surface area (TPSA) is 58.1 Å². The second kappa shape index (κ2) is 8.80. The minimum absolute atomic E-state index is 0.111.